The molecule has 1 atom stereocenters. The Kier molecular flexibility index (Phi) is 6.43. The second-order valence-corrected chi connectivity index (χ2v) is 7.24. The molecule has 2 rings (SSSR count). The lowest BCUT2D eigenvalue weighted by atomic mass is 9.99. The Morgan fingerprint density at radius 3 is 2.83 bits per heavy atom. The second-order valence-electron chi connectivity index (χ2n) is 7.24. The highest BCUT2D eigenvalue weighted by Gasteiger charge is 2.23. The number of nitrogens with zero attached hydrogens (tertiary/aromatic N) is 2. The Morgan fingerprint density at radius 1 is 1.42 bits per heavy atom. The van der Waals surface area contributed by atoms with Crippen LogP contribution >= 0.6 is 0 Å². The van der Waals surface area contributed by atoms with E-state index in [2.05, 4.69) is 15.2 Å². The Bertz CT molecular complexity index is 523. The highest BCUT2D eigenvalue weighted by molar-refractivity contribution is 5.67. The molecule has 1 amide bonds. The van der Waals surface area contributed by atoms with E-state index in [1.807, 2.05) is 32.9 Å². The minimum Gasteiger partial charge on any atom is -0.444 e. The van der Waals surface area contributed by atoms with Gasteiger partial charge in [-0.3, -0.25) is 0 Å². The van der Waals surface area contributed by atoms with Gasteiger partial charge < -0.3 is 20.1 Å². The van der Waals surface area contributed by atoms with Crippen LogP contribution in [-0.2, 0) is 11.3 Å². The fourth-order valence-electron chi connectivity index (χ4n) is 2.93. The number of rotatable bonds is 5. The van der Waals surface area contributed by atoms with Gasteiger partial charge in [0.25, 0.3) is 0 Å². The van der Waals surface area contributed by atoms with Gasteiger partial charge in [0.15, 0.2) is 0 Å². The molecule has 0 bridgehead atoms. The zero-order valence-corrected chi connectivity index (χ0v) is 14.9. The molecule has 24 heavy (non-hydrogen) atoms. The molecule has 1 aromatic rings. The summed E-state index contributed by atoms with van der Waals surface area (Å²) in [5.41, 5.74) is 0.433. The number of aliphatic hydroxyl groups is 1. The summed E-state index contributed by atoms with van der Waals surface area (Å²) >= 11 is 0. The zero-order chi connectivity index (χ0) is 17.6. The Morgan fingerprint density at radius 2 is 2.21 bits per heavy atom. The highest BCUT2D eigenvalue weighted by Crippen LogP contribution is 2.25. The van der Waals surface area contributed by atoms with Gasteiger partial charge in [-0.1, -0.05) is 6.07 Å². The molecular weight excluding hydrogens is 306 g/mol. The van der Waals surface area contributed by atoms with E-state index in [4.69, 9.17) is 4.74 Å². The fraction of sp³-hybridized carbons (Fsp3) is 0.667. The number of ether oxygens (including phenoxy) is 1. The lowest BCUT2D eigenvalue weighted by Gasteiger charge is -2.36. The molecule has 2 heterocycles. The molecule has 2 N–H and O–H groups in total. The van der Waals surface area contributed by atoms with Gasteiger partial charge in [-0.25, -0.2) is 9.78 Å². The monoisotopic (exact) mass is 335 g/mol. The van der Waals surface area contributed by atoms with Crippen molar-refractivity contribution in [2.24, 2.45) is 0 Å². The van der Waals surface area contributed by atoms with Crippen LogP contribution in [0.15, 0.2) is 18.3 Å². The van der Waals surface area contributed by atoms with Crippen LogP contribution in [0.3, 0.4) is 0 Å². The lowest BCUT2D eigenvalue weighted by Crippen LogP contribution is -2.40. The largest absolute Gasteiger partial charge is 0.444 e. The molecule has 1 unspecified atom stereocenters. The van der Waals surface area contributed by atoms with Gasteiger partial charge in [0, 0.05) is 31.9 Å². The van der Waals surface area contributed by atoms with Gasteiger partial charge in [0.05, 0.1) is 0 Å². The van der Waals surface area contributed by atoms with E-state index in [0.717, 1.165) is 37.2 Å². The summed E-state index contributed by atoms with van der Waals surface area (Å²) in [5.74, 6) is 0.939. The predicted octanol–water partition coefficient (Wildman–Crippen LogP) is 2.85. The Balaban J connectivity index is 1.91. The maximum Gasteiger partial charge on any atom is 0.407 e. The standard InChI is InChI=1S/C18H29N3O3/c1-18(2,3)24-17(23)20-13-14-7-8-16(19-12-14)21-10-5-4-6-15(21)9-11-22/h7-8,12,15,22H,4-6,9-11,13H2,1-3H3,(H,20,23). The van der Waals surface area contributed by atoms with Crippen LogP contribution in [0.1, 0.15) is 52.0 Å². The van der Waals surface area contributed by atoms with Crippen LogP contribution in [-0.4, -0.2) is 41.0 Å². The average Bonchev–Trinajstić information content (AvgIpc) is 2.53. The third-order valence-electron chi connectivity index (χ3n) is 4.03. The van der Waals surface area contributed by atoms with E-state index in [1.165, 1.54) is 6.42 Å². The van der Waals surface area contributed by atoms with Gasteiger partial charge in [0.1, 0.15) is 11.4 Å². The number of pyridine rings is 1. The number of anilines is 1. The SMILES string of the molecule is CC(C)(C)OC(=O)NCc1ccc(N2CCCCC2CCO)nc1. The zero-order valence-electron chi connectivity index (χ0n) is 14.9. The highest BCUT2D eigenvalue weighted by atomic mass is 16.6. The molecule has 0 spiro atoms. The molecule has 0 aliphatic carbocycles. The fourth-order valence-corrected chi connectivity index (χ4v) is 2.93. The number of aliphatic hydroxyl groups excluding tert-OH is 1. The molecule has 1 aromatic heterocycles. The van der Waals surface area contributed by atoms with E-state index in [-0.39, 0.29) is 6.61 Å². The number of hydrogen-bond donors (Lipinski definition) is 2. The summed E-state index contributed by atoms with van der Waals surface area (Å²) in [6, 6.07) is 4.33. The van der Waals surface area contributed by atoms with Gasteiger partial charge in [-0.2, -0.15) is 0 Å². The first-order valence-corrected chi connectivity index (χ1v) is 8.68. The molecule has 0 radical (unpaired) electrons. The molecule has 6 heteroatoms. The maximum absolute atomic E-state index is 11.7. The van der Waals surface area contributed by atoms with Crippen LogP contribution in [0.4, 0.5) is 10.6 Å². The van der Waals surface area contributed by atoms with Crippen LogP contribution < -0.4 is 10.2 Å². The predicted molar refractivity (Wildman–Crippen MR) is 94.0 cm³/mol. The molecule has 1 aliphatic rings. The second kappa shape index (κ2) is 8.33. The minimum absolute atomic E-state index is 0.207. The van der Waals surface area contributed by atoms with E-state index >= 15 is 0 Å². The molecule has 6 nitrogen and oxygen atoms in total. The summed E-state index contributed by atoms with van der Waals surface area (Å²) in [5, 5.41) is 12.0. The molecule has 0 saturated carbocycles. The molecule has 1 fully saturated rings. The van der Waals surface area contributed by atoms with Gasteiger partial charge in [-0.05, 0) is 58.1 Å². The number of alkyl carbamates (subject to hydrolysis) is 1. The van der Waals surface area contributed by atoms with Crippen LogP contribution in [0.25, 0.3) is 0 Å². The maximum atomic E-state index is 11.7. The van der Waals surface area contributed by atoms with Crippen molar-refractivity contribution in [3.05, 3.63) is 23.9 Å². The van der Waals surface area contributed by atoms with Crippen molar-refractivity contribution < 1.29 is 14.6 Å². The number of aromatic nitrogens is 1. The summed E-state index contributed by atoms with van der Waals surface area (Å²) in [6.07, 6.45) is 5.61. The van der Waals surface area contributed by atoms with E-state index in [1.54, 1.807) is 6.20 Å². The summed E-state index contributed by atoms with van der Waals surface area (Å²) in [7, 11) is 0. The van der Waals surface area contributed by atoms with E-state index < -0.39 is 11.7 Å². The van der Waals surface area contributed by atoms with Crippen molar-refractivity contribution in [1.29, 1.82) is 0 Å². The number of piperidine rings is 1. The van der Waals surface area contributed by atoms with E-state index in [9.17, 15) is 9.90 Å². The molecule has 1 saturated heterocycles. The molecule has 1 aliphatic heterocycles. The lowest BCUT2D eigenvalue weighted by molar-refractivity contribution is 0.0523. The van der Waals surface area contributed by atoms with Crippen molar-refractivity contribution in [1.82, 2.24) is 10.3 Å². The number of hydrogen-bond acceptors (Lipinski definition) is 5. The quantitative estimate of drug-likeness (QED) is 0.865. The molecule has 0 aromatic carbocycles. The van der Waals surface area contributed by atoms with Crippen molar-refractivity contribution in [2.75, 3.05) is 18.1 Å². The minimum atomic E-state index is -0.498. The smallest absolute Gasteiger partial charge is 0.407 e. The van der Waals surface area contributed by atoms with Crippen molar-refractivity contribution in [2.45, 2.75) is 64.6 Å². The topological polar surface area (TPSA) is 74.7 Å². The first-order valence-electron chi connectivity index (χ1n) is 8.68. The van der Waals surface area contributed by atoms with E-state index in [0.29, 0.717) is 12.6 Å². The first kappa shape index (κ1) is 18.5. The third-order valence-corrected chi connectivity index (χ3v) is 4.03. The Labute approximate surface area is 144 Å². The third kappa shape index (κ3) is 5.67. The van der Waals surface area contributed by atoms with Gasteiger partial charge in [-0.15, -0.1) is 0 Å². The Hall–Kier alpha value is -1.82. The number of carbonyl (C=O) groups is 1. The number of nitrogens with one attached hydrogen (secondary N) is 1. The average molecular weight is 335 g/mol. The van der Waals surface area contributed by atoms with Crippen LogP contribution in [0, 0.1) is 0 Å². The van der Waals surface area contributed by atoms with Crippen molar-refractivity contribution in [3.63, 3.8) is 0 Å². The number of carbonyl (C=O) groups excluding carboxylic acids is 1. The molecule has 134 valence electrons. The summed E-state index contributed by atoms with van der Waals surface area (Å²) in [6.45, 7) is 7.09. The van der Waals surface area contributed by atoms with Crippen LogP contribution in [0.2, 0.25) is 0 Å². The van der Waals surface area contributed by atoms with Gasteiger partial charge in [0.2, 0.25) is 0 Å². The van der Waals surface area contributed by atoms with Gasteiger partial charge >= 0.3 is 6.09 Å². The van der Waals surface area contributed by atoms with Crippen molar-refractivity contribution in [3.8, 4) is 0 Å². The first-order chi connectivity index (χ1) is 11.4. The van der Waals surface area contributed by atoms with Crippen molar-refractivity contribution >= 4 is 11.9 Å². The normalized spacial score (nSPS) is 18.3. The summed E-state index contributed by atoms with van der Waals surface area (Å²) in [4.78, 5) is 18.5. The summed E-state index contributed by atoms with van der Waals surface area (Å²) < 4.78 is 5.22. The number of amides is 1. The molecular formula is C18H29N3O3. The van der Waals surface area contributed by atoms with Crippen LogP contribution in [0.5, 0.6) is 0 Å².